The van der Waals surface area contributed by atoms with E-state index in [1.165, 1.54) is 12.0 Å². The molecule has 0 saturated carbocycles. The Morgan fingerprint density at radius 3 is 2.44 bits per heavy atom. The second-order valence-electron chi connectivity index (χ2n) is 7.61. The summed E-state index contributed by atoms with van der Waals surface area (Å²) in [5.74, 6) is 0.692. The van der Waals surface area contributed by atoms with Gasteiger partial charge in [0.05, 0.1) is 23.9 Å². The van der Waals surface area contributed by atoms with E-state index >= 15 is 0 Å². The predicted molar refractivity (Wildman–Crippen MR) is 129 cm³/mol. The fourth-order valence-electron chi connectivity index (χ4n) is 3.23. The minimum atomic E-state index is -3.06. The largest absolute Gasteiger partial charge is 0.496 e. The predicted octanol–water partition coefficient (Wildman–Crippen LogP) is 2.72. The molecule has 0 radical (unpaired) electrons. The summed E-state index contributed by atoms with van der Waals surface area (Å²) in [6.45, 7) is 0.255. The lowest BCUT2D eigenvalue weighted by Gasteiger charge is -2.18. The van der Waals surface area contributed by atoms with Crippen LogP contribution in [-0.4, -0.2) is 58.1 Å². The summed E-state index contributed by atoms with van der Waals surface area (Å²) in [5.41, 5.74) is 6.87. The van der Waals surface area contributed by atoms with Gasteiger partial charge in [-0.05, 0) is 42.8 Å². The molecular formula is C23H26N4O6S. The summed E-state index contributed by atoms with van der Waals surface area (Å²) in [4.78, 5) is 29.8. The molecule has 0 aliphatic carbocycles. The Labute approximate surface area is 197 Å². The van der Waals surface area contributed by atoms with E-state index in [4.69, 9.17) is 15.2 Å². The third-order valence-corrected chi connectivity index (χ3v) is 6.04. The number of aromatic nitrogens is 1. The van der Waals surface area contributed by atoms with Crippen molar-refractivity contribution in [2.75, 3.05) is 37.6 Å². The average molecular weight is 487 g/mol. The Hall–Kier alpha value is -3.86. The lowest BCUT2D eigenvalue weighted by molar-refractivity contribution is 0.0997. The summed E-state index contributed by atoms with van der Waals surface area (Å²) in [6.07, 6.45) is 3.08. The van der Waals surface area contributed by atoms with Gasteiger partial charge in [0.15, 0.2) is 0 Å². The van der Waals surface area contributed by atoms with Crippen molar-refractivity contribution in [3.63, 3.8) is 0 Å². The molecule has 0 spiro atoms. The number of ether oxygens (including phenoxy) is 2. The number of carbonyl (C=O) groups excluding carboxylic acids is 2. The number of pyridine rings is 1. The maximum Gasteiger partial charge on any atom is 0.321 e. The van der Waals surface area contributed by atoms with Crippen LogP contribution in [0.25, 0.3) is 10.9 Å². The first-order valence-corrected chi connectivity index (χ1v) is 12.4. The first-order chi connectivity index (χ1) is 16.1. The van der Waals surface area contributed by atoms with Crippen molar-refractivity contribution >= 4 is 38.4 Å². The van der Waals surface area contributed by atoms with Crippen LogP contribution in [0.2, 0.25) is 0 Å². The summed E-state index contributed by atoms with van der Waals surface area (Å²) >= 11 is 0. The number of nitrogens with two attached hydrogens (primary N) is 1. The number of urea groups is 1. The third kappa shape index (κ3) is 6.13. The molecule has 0 saturated heterocycles. The molecule has 1 aromatic heterocycles. The highest BCUT2D eigenvalue weighted by Gasteiger charge is 2.15. The Morgan fingerprint density at radius 2 is 1.82 bits per heavy atom. The van der Waals surface area contributed by atoms with E-state index in [2.05, 4.69) is 10.3 Å². The number of sulfone groups is 1. The molecule has 180 valence electrons. The van der Waals surface area contributed by atoms with Gasteiger partial charge >= 0.3 is 6.03 Å². The van der Waals surface area contributed by atoms with Gasteiger partial charge in [-0.1, -0.05) is 0 Å². The molecule has 10 nitrogen and oxygen atoms in total. The first-order valence-electron chi connectivity index (χ1n) is 10.3. The zero-order valence-corrected chi connectivity index (χ0v) is 19.9. The van der Waals surface area contributed by atoms with Crippen molar-refractivity contribution in [1.29, 1.82) is 0 Å². The van der Waals surface area contributed by atoms with E-state index in [1.807, 2.05) is 0 Å². The number of rotatable bonds is 9. The van der Waals surface area contributed by atoms with Crippen molar-refractivity contribution in [3.05, 3.63) is 54.2 Å². The third-order valence-electron chi connectivity index (χ3n) is 5.01. The van der Waals surface area contributed by atoms with Gasteiger partial charge in [0, 0.05) is 43.2 Å². The minimum absolute atomic E-state index is 0.0143. The van der Waals surface area contributed by atoms with Gasteiger partial charge in [-0.15, -0.1) is 0 Å². The number of amides is 3. The molecule has 0 atom stereocenters. The summed E-state index contributed by atoms with van der Waals surface area (Å²) in [5, 5.41) is 3.28. The highest BCUT2D eigenvalue weighted by atomic mass is 32.2. The van der Waals surface area contributed by atoms with E-state index in [1.54, 1.807) is 55.7 Å². The lowest BCUT2D eigenvalue weighted by Crippen LogP contribution is -2.38. The van der Waals surface area contributed by atoms with Crippen molar-refractivity contribution in [2.45, 2.75) is 6.42 Å². The molecular weight excluding hydrogens is 460 g/mol. The zero-order chi connectivity index (χ0) is 24.9. The molecule has 3 N–H and O–H groups in total. The van der Waals surface area contributed by atoms with Gasteiger partial charge in [0.2, 0.25) is 0 Å². The Kier molecular flexibility index (Phi) is 7.57. The highest BCUT2D eigenvalue weighted by molar-refractivity contribution is 7.90. The van der Waals surface area contributed by atoms with E-state index < -0.39 is 15.7 Å². The molecule has 34 heavy (non-hydrogen) atoms. The number of fused-ring (bicyclic) bond motifs is 1. The van der Waals surface area contributed by atoms with Crippen LogP contribution in [0.1, 0.15) is 16.8 Å². The maximum absolute atomic E-state index is 12.3. The van der Waals surface area contributed by atoms with Gasteiger partial charge in [0.1, 0.15) is 27.1 Å². The fraction of sp³-hybridized carbons (Fsp3) is 0.261. The number of methoxy groups -OCH3 is 1. The molecule has 3 aromatic rings. The monoisotopic (exact) mass is 486 g/mol. The normalized spacial score (nSPS) is 11.1. The molecule has 0 bridgehead atoms. The van der Waals surface area contributed by atoms with Crippen molar-refractivity contribution in [3.8, 4) is 17.2 Å². The van der Waals surface area contributed by atoms with Crippen LogP contribution >= 0.6 is 0 Å². The Morgan fingerprint density at radius 1 is 1.12 bits per heavy atom. The number of benzene rings is 2. The second-order valence-corrected chi connectivity index (χ2v) is 9.87. The summed E-state index contributed by atoms with van der Waals surface area (Å²) in [7, 11) is -0.00621. The van der Waals surface area contributed by atoms with Crippen molar-refractivity contribution < 1.29 is 27.5 Å². The molecule has 2 aromatic carbocycles. The van der Waals surface area contributed by atoms with E-state index in [0.29, 0.717) is 40.3 Å². The van der Waals surface area contributed by atoms with Gasteiger partial charge in [-0.25, -0.2) is 13.2 Å². The van der Waals surface area contributed by atoms with Crippen LogP contribution in [-0.2, 0) is 9.84 Å². The fourth-order valence-corrected chi connectivity index (χ4v) is 3.90. The number of primary amides is 1. The minimum Gasteiger partial charge on any atom is -0.496 e. The van der Waals surface area contributed by atoms with Crippen LogP contribution in [0.3, 0.4) is 0 Å². The Balaban J connectivity index is 1.72. The molecule has 1 heterocycles. The number of hydrogen-bond donors (Lipinski definition) is 2. The lowest BCUT2D eigenvalue weighted by atomic mass is 10.1. The van der Waals surface area contributed by atoms with E-state index in [0.717, 1.165) is 6.26 Å². The van der Waals surface area contributed by atoms with E-state index in [-0.39, 0.29) is 23.9 Å². The smallest absolute Gasteiger partial charge is 0.321 e. The van der Waals surface area contributed by atoms with Gasteiger partial charge in [-0.2, -0.15) is 0 Å². The molecule has 3 rings (SSSR count). The van der Waals surface area contributed by atoms with Crippen LogP contribution in [0.15, 0.2) is 48.7 Å². The van der Waals surface area contributed by atoms with Crippen LogP contribution in [0.4, 0.5) is 10.5 Å². The zero-order valence-electron chi connectivity index (χ0n) is 19.1. The topological polar surface area (TPSA) is 141 Å². The SMILES string of the molecule is COc1cc2nccc(Oc3ccc(N(C)C(=O)NCCCS(C)(=O)=O)cc3)c2cc1C(N)=O. The number of nitrogens with zero attached hydrogens (tertiary/aromatic N) is 2. The maximum atomic E-state index is 12.3. The van der Waals surface area contributed by atoms with Gasteiger partial charge in [-0.3, -0.25) is 14.7 Å². The molecule has 11 heteroatoms. The number of anilines is 1. The first kappa shape index (κ1) is 24.8. The molecule has 0 aliphatic rings. The van der Waals surface area contributed by atoms with Crippen LogP contribution < -0.4 is 25.4 Å². The summed E-state index contributed by atoms with van der Waals surface area (Å²) < 4.78 is 33.6. The molecule has 3 amide bonds. The van der Waals surface area contributed by atoms with Gasteiger partial charge < -0.3 is 20.5 Å². The van der Waals surface area contributed by atoms with Crippen LogP contribution in [0, 0.1) is 0 Å². The highest BCUT2D eigenvalue weighted by Crippen LogP contribution is 2.33. The van der Waals surface area contributed by atoms with E-state index in [9.17, 15) is 18.0 Å². The standard InChI is InChI=1S/C23H26N4O6S/c1-27(23(29)26-10-4-12-34(3,30)31)15-5-7-16(8-6-15)33-20-9-11-25-19-14-21(32-2)18(22(24)28)13-17(19)20/h5-9,11,13-14H,4,10,12H2,1-3H3,(H2,24,28)(H,26,29). The molecule has 0 fully saturated rings. The van der Waals surface area contributed by atoms with Crippen molar-refractivity contribution in [1.82, 2.24) is 10.3 Å². The summed E-state index contributed by atoms with van der Waals surface area (Å²) in [6, 6.07) is 11.4. The molecule has 0 aliphatic heterocycles. The number of carbonyl (C=O) groups is 2. The molecule has 0 unspecified atom stereocenters. The second kappa shape index (κ2) is 10.4. The number of hydrogen-bond acceptors (Lipinski definition) is 7. The quantitative estimate of drug-likeness (QED) is 0.443. The Bertz CT molecular complexity index is 1310. The number of nitrogens with one attached hydrogen (secondary N) is 1. The average Bonchev–Trinajstić information content (AvgIpc) is 2.80. The van der Waals surface area contributed by atoms with Crippen molar-refractivity contribution in [2.24, 2.45) is 5.73 Å². The van der Waals surface area contributed by atoms with Gasteiger partial charge in [0.25, 0.3) is 5.91 Å². The van der Waals surface area contributed by atoms with Crippen LogP contribution in [0.5, 0.6) is 17.2 Å².